The Morgan fingerprint density at radius 2 is 2.08 bits per heavy atom. The van der Waals surface area contributed by atoms with Gasteiger partial charge in [-0.1, -0.05) is 26.0 Å². The molecule has 0 aliphatic heterocycles. The first-order chi connectivity index (χ1) is 6.09. The summed E-state index contributed by atoms with van der Waals surface area (Å²) < 4.78 is 0. The van der Waals surface area contributed by atoms with Crippen LogP contribution in [0.1, 0.15) is 40.0 Å². The minimum absolute atomic E-state index is 0.481. The second-order valence-electron chi connectivity index (χ2n) is 4.59. The minimum Gasteiger partial charge on any atom is -0.391 e. The van der Waals surface area contributed by atoms with E-state index in [9.17, 15) is 0 Å². The fraction of sp³-hybridized carbons (Fsp3) is 0.667. The lowest BCUT2D eigenvalue weighted by Gasteiger charge is -2.32. The highest BCUT2D eigenvalue weighted by Crippen LogP contribution is 2.38. The molecule has 13 heavy (non-hydrogen) atoms. The lowest BCUT2D eigenvalue weighted by molar-refractivity contribution is 0.313. The van der Waals surface area contributed by atoms with Crippen molar-refractivity contribution in [3.8, 4) is 0 Å². The summed E-state index contributed by atoms with van der Waals surface area (Å²) >= 11 is 0. The van der Waals surface area contributed by atoms with Crippen LogP contribution in [0.2, 0.25) is 0 Å². The van der Waals surface area contributed by atoms with E-state index in [4.69, 9.17) is 0 Å². The van der Waals surface area contributed by atoms with Gasteiger partial charge in [0.1, 0.15) is 0 Å². The fourth-order valence-corrected chi connectivity index (χ4v) is 1.98. The van der Waals surface area contributed by atoms with Gasteiger partial charge in [-0.3, -0.25) is 0 Å². The molecule has 1 aliphatic carbocycles. The second-order valence-corrected chi connectivity index (χ2v) is 4.59. The summed E-state index contributed by atoms with van der Waals surface area (Å²) in [5.74, 6) is 0. The highest BCUT2D eigenvalue weighted by molar-refractivity contribution is 5.28. The molecule has 0 aromatic heterocycles. The number of rotatable bonds is 2. The Labute approximate surface area is 81.9 Å². The van der Waals surface area contributed by atoms with E-state index in [-0.39, 0.29) is 0 Å². The van der Waals surface area contributed by atoms with Crippen LogP contribution in [0.15, 0.2) is 23.4 Å². The van der Waals surface area contributed by atoms with Crippen LogP contribution in [-0.4, -0.2) is 7.05 Å². The van der Waals surface area contributed by atoms with Crippen LogP contribution in [0.3, 0.4) is 0 Å². The van der Waals surface area contributed by atoms with Crippen LogP contribution in [-0.2, 0) is 0 Å². The highest BCUT2D eigenvalue weighted by atomic mass is 14.8. The predicted molar refractivity (Wildman–Crippen MR) is 58.5 cm³/mol. The van der Waals surface area contributed by atoms with Crippen LogP contribution in [0.4, 0.5) is 0 Å². The van der Waals surface area contributed by atoms with Crippen molar-refractivity contribution in [2.45, 2.75) is 40.0 Å². The number of nitrogens with one attached hydrogen (secondary N) is 1. The number of allylic oxidation sites excluding steroid dienone is 4. The first-order valence-corrected chi connectivity index (χ1v) is 5.11. The van der Waals surface area contributed by atoms with Gasteiger partial charge in [-0.25, -0.2) is 0 Å². The van der Waals surface area contributed by atoms with Crippen molar-refractivity contribution in [2.24, 2.45) is 5.41 Å². The molecule has 0 bridgehead atoms. The van der Waals surface area contributed by atoms with Crippen molar-refractivity contribution in [1.29, 1.82) is 0 Å². The van der Waals surface area contributed by atoms with E-state index in [2.05, 4.69) is 38.2 Å². The van der Waals surface area contributed by atoms with Gasteiger partial charge in [0.2, 0.25) is 0 Å². The molecule has 1 N–H and O–H groups in total. The van der Waals surface area contributed by atoms with Crippen LogP contribution in [0.5, 0.6) is 0 Å². The van der Waals surface area contributed by atoms with Gasteiger partial charge in [0.25, 0.3) is 0 Å². The van der Waals surface area contributed by atoms with E-state index in [1.165, 1.54) is 30.5 Å². The summed E-state index contributed by atoms with van der Waals surface area (Å²) in [7, 11) is 2.02. The van der Waals surface area contributed by atoms with Crippen molar-refractivity contribution in [3.05, 3.63) is 23.4 Å². The second kappa shape index (κ2) is 3.99. The largest absolute Gasteiger partial charge is 0.391 e. The Morgan fingerprint density at radius 3 is 2.62 bits per heavy atom. The van der Waals surface area contributed by atoms with Gasteiger partial charge in [0.15, 0.2) is 0 Å². The molecule has 0 saturated heterocycles. The molecule has 0 heterocycles. The Kier molecular flexibility index (Phi) is 3.18. The number of hydrogen-bond acceptors (Lipinski definition) is 1. The standard InChI is InChI=1S/C12H21N/c1-5-6-10-9-12(2,3)8-7-11(10)13-4/h5-6,13H,7-9H2,1-4H3/b6-5-. The molecule has 0 aromatic carbocycles. The Bertz CT molecular complexity index is 234. The smallest absolute Gasteiger partial charge is 0.0137 e. The molecule has 0 atom stereocenters. The van der Waals surface area contributed by atoms with E-state index in [1.54, 1.807) is 0 Å². The first kappa shape index (κ1) is 10.4. The Balaban J connectivity index is 2.86. The molecule has 1 rings (SSSR count). The molecule has 74 valence electrons. The average molecular weight is 179 g/mol. The van der Waals surface area contributed by atoms with Gasteiger partial charge in [0, 0.05) is 12.7 Å². The zero-order valence-corrected chi connectivity index (χ0v) is 9.28. The zero-order valence-electron chi connectivity index (χ0n) is 9.28. The van der Waals surface area contributed by atoms with Gasteiger partial charge in [-0.05, 0) is 37.2 Å². The van der Waals surface area contributed by atoms with Crippen molar-refractivity contribution < 1.29 is 0 Å². The maximum absolute atomic E-state index is 3.30. The lowest BCUT2D eigenvalue weighted by atomic mass is 9.76. The summed E-state index contributed by atoms with van der Waals surface area (Å²) in [5.41, 5.74) is 3.40. The van der Waals surface area contributed by atoms with Crippen molar-refractivity contribution in [1.82, 2.24) is 5.32 Å². The molecule has 0 saturated carbocycles. The summed E-state index contributed by atoms with van der Waals surface area (Å²) in [6, 6.07) is 0. The van der Waals surface area contributed by atoms with Gasteiger partial charge < -0.3 is 5.32 Å². The predicted octanol–water partition coefficient (Wildman–Crippen LogP) is 3.25. The van der Waals surface area contributed by atoms with Crippen molar-refractivity contribution in [2.75, 3.05) is 7.05 Å². The molecule has 1 aliphatic rings. The molecular weight excluding hydrogens is 158 g/mol. The maximum atomic E-state index is 3.30. The minimum atomic E-state index is 0.481. The van der Waals surface area contributed by atoms with E-state index in [1.807, 2.05) is 7.05 Å². The van der Waals surface area contributed by atoms with Gasteiger partial charge >= 0.3 is 0 Å². The maximum Gasteiger partial charge on any atom is 0.0137 e. The van der Waals surface area contributed by atoms with Crippen LogP contribution in [0.25, 0.3) is 0 Å². The van der Waals surface area contributed by atoms with Crippen molar-refractivity contribution >= 4 is 0 Å². The molecule has 0 unspecified atom stereocenters. The number of hydrogen-bond donors (Lipinski definition) is 1. The van der Waals surface area contributed by atoms with Gasteiger partial charge in [0.05, 0.1) is 0 Å². The molecule has 0 radical (unpaired) electrons. The fourth-order valence-electron chi connectivity index (χ4n) is 1.98. The Hall–Kier alpha value is -0.720. The van der Waals surface area contributed by atoms with E-state index in [0.717, 1.165) is 0 Å². The molecule has 0 amide bonds. The monoisotopic (exact) mass is 179 g/mol. The van der Waals surface area contributed by atoms with Gasteiger partial charge in [-0.15, -0.1) is 0 Å². The lowest BCUT2D eigenvalue weighted by Crippen LogP contribution is -2.22. The van der Waals surface area contributed by atoms with E-state index in [0.29, 0.717) is 5.41 Å². The normalized spacial score (nSPS) is 22.5. The summed E-state index contributed by atoms with van der Waals surface area (Å²) in [5, 5.41) is 3.30. The van der Waals surface area contributed by atoms with Crippen LogP contribution < -0.4 is 5.32 Å². The SMILES string of the molecule is C/C=C\C1=C(NC)CCC(C)(C)C1. The third-order valence-corrected chi connectivity index (χ3v) is 2.78. The zero-order chi connectivity index (χ0) is 9.90. The van der Waals surface area contributed by atoms with Gasteiger partial charge in [-0.2, -0.15) is 0 Å². The molecule has 1 nitrogen and oxygen atoms in total. The summed E-state index contributed by atoms with van der Waals surface area (Å²) in [6.07, 6.45) is 8.07. The third-order valence-electron chi connectivity index (χ3n) is 2.78. The molecule has 1 heteroatoms. The Morgan fingerprint density at radius 1 is 1.38 bits per heavy atom. The summed E-state index contributed by atoms with van der Waals surface area (Å²) in [6.45, 7) is 6.79. The molecule has 0 aromatic rings. The van der Waals surface area contributed by atoms with Crippen LogP contribution in [0, 0.1) is 5.41 Å². The first-order valence-electron chi connectivity index (χ1n) is 5.11. The quantitative estimate of drug-likeness (QED) is 0.686. The average Bonchev–Trinajstić information content (AvgIpc) is 2.04. The molecule has 0 spiro atoms. The van der Waals surface area contributed by atoms with Crippen LogP contribution >= 0.6 is 0 Å². The third kappa shape index (κ3) is 2.61. The molecular formula is C12H21N. The topological polar surface area (TPSA) is 12.0 Å². The van der Waals surface area contributed by atoms with E-state index >= 15 is 0 Å². The molecule has 0 fully saturated rings. The highest BCUT2D eigenvalue weighted by Gasteiger charge is 2.25. The summed E-state index contributed by atoms with van der Waals surface area (Å²) in [4.78, 5) is 0. The van der Waals surface area contributed by atoms with Crippen molar-refractivity contribution in [3.63, 3.8) is 0 Å². The van der Waals surface area contributed by atoms with E-state index < -0.39 is 0 Å².